The van der Waals surface area contributed by atoms with Crippen molar-refractivity contribution in [3.05, 3.63) is 65.7 Å². The minimum Gasteiger partial charge on any atom is -0.237 e. The van der Waals surface area contributed by atoms with Crippen molar-refractivity contribution >= 4 is 5.65 Å². The first-order valence-electron chi connectivity index (χ1n) is 9.63. The van der Waals surface area contributed by atoms with Crippen LogP contribution in [0.4, 0.5) is 0 Å². The van der Waals surface area contributed by atoms with Crippen molar-refractivity contribution in [3.8, 4) is 11.5 Å². The Kier molecular flexibility index (Phi) is 3.06. The number of aromatic nitrogens is 6. The average Bonchev–Trinajstić information content (AvgIpc) is 3.13. The van der Waals surface area contributed by atoms with Crippen molar-refractivity contribution in [2.45, 2.75) is 38.1 Å². The van der Waals surface area contributed by atoms with E-state index in [0.717, 1.165) is 35.8 Å². The third kappa shape index (κ3) is 2.25. The van der Waals surface area contributed by atoms with Gasteiger partial charge in [0.05, 0.1) is 12.2 Å². The lowest BCUT2D eigenvalue weighted by molar-refractivity contribution is 0.518. The summed E-state index contributed by atoms with van der Waals surface area (Å²) < 4.78 is 4.00. The average molecular weight is 356 g/mol. The highest BCUT2D eigenvalue weighted by Gasteiger charge is 2.39. The lowest BCUT2D eigenvalue weighted by Crippen LogP contribution is -2.12. The van der Waals surface area contributed by atoms with Crippen LogP contribution in [0.25, 0.3) is 17.2 Å². The summed E-state index contributed by atoms with van der Waals surface area (Å²) in [5.41, 5.74) is 4.56. The predicted molar refractivity (Wildman–Crippen MR) is 101 cm³/mol. The van der Waals surface area contributed by atoms with E-state index in [-0.39, 0.29) is 6.04 Å². The molecular weight excluding hydrogens is 336 g/mol. The van der Waals surface area contributed by atoms with Crippen molar-refractivity contribution in [2.24, 2.45) is 5.92 Å². The smallest absolute Gasteiger partial charge is 0.177 e. The molecule has 1 saturated carbocycles. The molecule has 2 aliphatic rings. The molecule has 6 nitrogen and oxygen atoms in total. The van der Waals surface area contributed by atoms with E-state index >= 15 is 0 Å². The monoisotopic (exact) mass is 356 g/mol. The highest BCUT2D eigenvalue weighted by molar-refractivity contribution is 5.56. The van der Waals surface area contributed by atoms with Crippen LogP contribution < -0.4 is 0 Å². The van der Waals surface area contributed by atoms with E-state index in [0.29, 0.717) is 11.8 Å². The van der Waals surface area contributed by atoms with Crippen LogP contribution in [0, 0.1) is 5.92 Å². The normalized spacial score (nSPS) is 23.7. The molecule has 0 bridgehead atoms. The molecule has 3 aromatic heterocycles. The molecule has 0 spiro atoms. The van der Waals surface area contributed by atoms with Crippen LogP contribution >= 0.6 is 0 Å². The van der Waals surface area contributed by atoms with Crippen molar-refractivity contribution in [2.75, 3.05) is 0 Å². The molecule has 3 heterocycles. The fourth-order valence-corrected chi connectivity index (χ4v) is 4.36. The highest BCUT2D eigenvalue weighted by atomic mass is 15.4. The summed E-state index contributed by atoms with van der Waals surface area (Å²) in [6.45, 7) is 2.27. The zero-order valence-corrected chi connectivity index (χ0v) is 15.2. The van der Waals surface area contributed by atoms with Crippen molar-refractivity contribution in [3.63, 3.8) is 0 Å². The van der Waals surface area contributed by atoms with E-state index in [1.807, 2.05) is 22.8 Å². The molecule has 0 aliphatic heterocycles. The molecule has 27 heavy (non-hydrogen) atoms. The first-order valence-corrected chi connectivity index (χ1v) is 9.63. The van der Waals surface area contributed by atoms with Gasteiger partial charge in [0.15, 0.2) is 17.3 Å². The predicted octanol–water partition coefficient (Wildman–Crippen LogP) is 3.65. The molecule has 6 rings (SSSR count). The van der Waals surface area contributed by atoms with E-state index < -0.39 is 0 Å². The fourth-order valence-electron chi connectivity index (χ4n) is 4.36. The molecule has 1 aromatic carbocycles. The minimum absolute atomic E-state index is 0.227. The van der Waals surface area contributed by atoms with Crippen LogP contribution in [0.2, 0.25) is 0 Å². The Balaban J connectivity index is 1.56. The molecule has 4 aromatic rings. The second-order valence-corrected chi connectivity index (χ2v) is 7.74. The first-order chi connectivity index (χ1) is 13.3. The number of nitrogens with zero attached hydrogens (tertiary/aromatic N) is 6. The Labute approximate surface area is 156 Å². The summed E-state index contributed by atoms with van der Waals surface area (Å²) in [7, 11) is 0. The maximum atomic E-state index is 5.02. The number of hydrogen-bond donors (Lipinski definition) is 0. The Bertz CT molecular complexity index is 1160. The standard InChI is InChI=1S/C21H20N6/c1-13-12-16(13)20-24-21(18-8-10-22-19-9-11-23-26(18)19)27(25-20)17-7-6-14-4-2-3-5-15(14)17/h2-5,8-11,13,16-17H,6-7,12H2,1H3/t13-,16-,17?/m1/s1. The van der Waals surface area contributed by atoms with Gasteiger partial charge in [0, 0.05) is 18.2 Å². The summed E-state index contributed by atoms with van der Waals surface area (Å²) in [6, 6.07) is 12.8. The summed E-state index contributed by atoms with van der Waals surface area (Å²) >= 11 is 0. The van der Waals surface area contributed by atoms with E-state index in [4.69, 9.17) is 10.1 Å². The van der Waals surface area contributed by atoms with Crippen LogP contribution in [0.15, 0.2) is 48.8 Å². The Morgan fingerprint density at radius 1 is 1.07 bits per heavy atom. The van der Waals surface area contributed by atoms with E-state index in [9.17, 15) is 0 Å². The largest absolute Gasteiger partial charge is 0.237 e. The third-order valence-corrected chi connectivity index (χ3v) is 6.00. The number of rotatable bonds is 3. The van der Waals surface area contributed by atoms with Gasteiger partial charge in [0.25, 0.3) is 0 Å². The molecule has 0 saturated heterocycles. The number of aryl methyl sites for hydroxylation is 1. The van der Waals surface area contributed by atoms with Gasteiger partial charge in [-0.15, -0.1) is 0 Å². The highest BCUT2D eigenvalue weighted by Crippen LogP contribution is 2.46. The lowest BCUT2D eigenvalue weighted by Gasteiger charge is -2.15. The molecule has 0 amide bonds. The van der Waals surface area contributed by atoms with Gasteiger partial charge in [-0.3, -0.25) is 0 Å². The molecule has 6 heteroatoms. The lowest BCUT2D eigenvalue weighted by atomic mass is 10.1. The number of benzene rings is 1. The van der Waals surface area contributed by atoms with E-state index in [2.05, 4.69) is 46.0 Å². The maximum absolute atomic E-state index is 5.02. The fraction of sp³-hybridized carbons (Fsp3) is 0.333. The summed E-state index contributed by atoms with van der Waals surface area (Å²) in [5.74, 6) is 3.02. The molecular formula is C21H20N6. The first kappa shape index (κ1) is 15.1. The Morgan fingerprint density at radius 3 is 2.85 bits per heavy atom. The van der Waals surface area contributed by atoms with Gasteiger partial charge >= 0.3 is 0 Å². The van der Waals surface area contributed by atoms with Crippen LogP contribution in [-0.2, 0) is 6.42 Å². The quantitative estimate of drug-likeness (QED) is 0.562. The van der Waals surface area contributed by atoms with Crippen LogP contribution in [0.5, 0.6) is 0 Å². The summed E-state index contributed by atoms with van der Waals surface area (Å²) in [5, 5.41) is 9.48. The number of hydrogen-bond acceptors (Lipinski definition) is 4. The van der Waals surface area contributed by atoms with Gasteiger partial charge in [-0.1, -0.05) is 31.2 Å². The van der Waals surface area contributed by atoms with Gasteiger partial charge in [-0.05, 0) is 42.4 Å². The summed E-state index contributed by atoms with van der Waals surface area (Å²) in [4.78, 5) is 9.40. The van der Waals surface area contributed by atoms with Gasteiger partial charge in [-0.25, -0.2) is 19.2 Å². The van der Waals surface area contributed by atoms with Crippen molar-refractivity contribution < 1.29 is 0 Å². The topological polar surface area (TPSA) is 60.9 Å². The Morgan fingerprint density at radius 2 is 1.96 bits per heavy atom. The molecule has 134 valence electrons. The molecule has 2 aliphatic carbocycles. The van der Waals surface area contributed by atoms with Gasteiger partial charge in [-0.2, -0.15) is 10.2 Å². The van der Waals surface area contributed by atoms with Crippen LogP contribution in [-0.4, -0.2) is 29.4 Å². The van der Waals surface area contributed by atoms with Crippen LogP contribution in [0.3, 0.4) is 0 Å². The zero-order valence-electron chi connectivity index (χ0n) is 15.2. The van der Waals surface area contributed by atoms with Crippen molar-refractivity contribution in [1.82, 2.24) is 29.4 Å². The summed E-state index contributed by atoms with van der Waals surface area (Å²) in [6.07, 6.45) is 6.93. The van der Waals surface area contributed by atoms with Gasteiger partial charge < -0.3 is 0 Å². The van der Waals surface area contributed by atoms with Crippen LogP contribution in [0.1, 0.15) is 48.7 Å². The molecule has 1 fully saturated rings. The Hall–Kier alpha value is -3.02. The third-order valence-electron chi connectivity index (χ3n) is 6.00. The second-order valence-electron chi connectivity index (χ2n) is 7.74. The molecule has 1 unspecified atom stereocenters. The van der Waals surface area contributed by atoms with E-state index in [1.165, 1.54) is 17.5 Å². The SMILES string of the molecule is C[C@@H]1C[C@H]1c1nc(-c2ccnc3ccnn23)n(C2CCc3ccccc32)n1. The maximum Gasteiger partial charge on any atom is 0.177 e. The number of fused-ring (bicyclic) bond motifs is 2. The second kappa shape index (κ2) is 5.49. The molecule has 0 N–H and O–H groups in total. The van der Waals surface area contributed by atoms with Crippen molar-refractivity contribution in [1.29, 1.82) is 0 Å². The zero-order chi connectivity index (χ0) is 18.0. The minimum atomic E-state index is 0.227. The van der Waals surface area contributed by atoms with Gasteiger partial charge in [0.1, 0.15) is 5.69 Å². The van der Waals surface area contributed by atoms with Gasteiger partial charge in [0.2, 0.25) is 0 Å². The molecule has 0 radical (unpaired) electrons. The van der Waals surface area contributed by atoms with E-state index in [1.54, 1.807) is 6.20 Å². The molecule has 3 atom stereocenters.